The highest BCUT2D eigenvalue weighted by atomic mass is 35.5. The van der Waals surface area contributed by atoms with Crippen LogP contribution in [0.2, 0.25) is 5.02 Å². The second-order valence-electron chi connectivity index (χ2n) is 6.59. The molecule has 6 heteroatoms. The molecule has 138 valence electrons. The predicted octanol–water partition coefficient (Wildman–Crippen LogP) is 2.19. The van der Waals surface area contributed by atoms with Crippen LogP contribution in [0, 0.1) is 5.92 Å². The number of amides is 2. The van der Waals surface area contributed by atoms with Crippen LogP contribution in [0.25, 0.3) is 0 Å². The highest BCUT2D eigenvalue weighted by molar-refractivity contribution is 6.30. The highest BCUT2D eigenvalue weighted by Crippen LogP contribution is 2.13. The molecule has 1 aromatic carbocycles. The molecule has 1 heterocycles. The zero-order valence-corrected chi connectivity index (χ0v) is 15.9. The Morgan fingerprint density at radius 1 is 1.16 bits per heavy atom. The lowest BCUT2D eigenvalue weighted by Gasteiger charge is -2.34. The van der Waals surface area contributed by atoms with E-state index < -0.39 is 0 Å². The molecule has 1 aliphatic rings. The minimum Gasteiger partial charge on any atom is -0.355 e. The monoisotopic (exact) mass is 365 g/mol. The quantitative estimate of drug-likeness (QED) is 0.805. The summed E-state index contributed by atoms with van der Waals surface area (Å²) in [6, 6.07) is 7.54. The molecule has 0 radical (unpaired) electrons. The number of hydrogen-bond donors (Lipinski definition) is 1. The average molecular weight is 366 g/mol. The fourth-order valence-corrected chi connectivity index (χ4v) is 3.13. The van der Waals surface area contributed by atoms with Crippen LogP contribution in [-0.2, 0) is 16.0 Å². The molecule has 0 spiro atoms. The number of rotatable bonds is 7. The van der Waals surface area contributed by atoms with Gasteiger partial charge >= 0.3 is 0 Å². The van der Waals surface area contributed by atoms with Crippen molar-refractivity contribution in [2.24, 2.45) is 5.92 Å². The highest BCUT2D eigenvalue weighted by Gasteiger charge is 2.20. The zero-order chi connectivity index (χ0) is 18.2. The van der Waals surface area contributed by atoms with Gasteiger partial charge in [0.2, 0.25) is 11.8 Å². The van der Waals surface area contributed by atoms with Gasteiger partial charge in [-0.1, -0.05) is 37.6 Å². The number of hydrogen-bond acceptors (Lipinski definition) is 3. The Hall–Kier alpha value is -1.59. The molecule has 0 saturated carbocycles. The molecule has 1 aromatic rings. The first-order valence-corrected chi connectivity index (χ1v) is 9.39. The number of carbonyl (C=O) groups excluding carboxylic acids is 2. The molecule has 25 heavy (non-hydrogen) atoms. The first kappa shape index (κ1) is 19.7. The fraction of sp³-hybridized carbons (Fsp3) is 0.579. The van der Waals surface area contributed by atoms with E-state index in [2.05, 4.69) is 17.1 Å². The van der Waals surface area contributed by atoms with Crippen LogP contribution in [0.4, 0.5) is 0 Å². The number of piperazine rings is 1. The molecule has 2 rings (SSSR count). The molecule has 2 amide bonds. The van der Waals surface area contributed by atoms with E-state index in [0.717, 1.165) is 38.3 Å². The van der Waals surface area contributed by atoms with Crippen LogP contribution in [0.5, 0.6) is 0 Å². The smallest absolute Gasteiger partial charge is 0.224 e. The summed E-state index contributed by atoms with van der Waals surface area (Å²) in [6.07, 6.45) is 1.03. The maximum absolute atomic E-state index is 12.2. The molecule has 1 N–H and O–H groups in total. The number of halogens is 1. The first-order chi connectivity index (χ1) is 12.0. The van der Waals surface area contributed by atoms with Crippen LogP contribution in [0.3, 0.4) is 0 Å². The van der Waals surface area contributed by atoms with Crippen molar-refractivity contribution in [2.45, 2.75) is 26.7 Å². The molecule has 1 fully saturated rings. The minimum absolute atomic E-state index is 0.0152. The standard InChI is InChI=1S/C19H28ClN3O2/c1-3-22-10-12-23(13-11-22)18(24)8-9-21-19(25)15(2)14-16-4-6-17(20)7-5-16/h4-7,15H,3,8-14H2,1-2H3,(H,21,25). The maximum Gasteiger partial charge on any atom is 0.224 e. The Morgan fingerprint density at radius 3 is 2.40 bits per heavy atom. The van der Waals surface area contributed by atoms with Gasteiger partial charge in [0.1, 0.15) is 0 Å². The van der Waals surface area contributed by atoms with Crippen molar-refractivity contribution in [1.82, 2.24) is 15.1 Å². The van der Waals surface area contributed by atoms with E-state index in [4.69, 9.17) is 11.6 Å². The Morgan fingerprint density at radius 2 is 1.80 bits per heavy atom. The van der Waals surface area contributed by atoms with Crippen LogP contribution >= 0.6 is 11.6 Å². The normalized spacial score (nSPS) is 16.5. The van der Waals surface area contributed by atoms with E-state index in [9.17, 15) is 9.59 Å². The predicted molar refractivity (Wildman–Crippen MR) is 101 cm³/mol. The Bertz CT molecular complexity index is 569. The second-order valence-corrected chi connectivity index (χ2v) is 7.02. The van der Waals surface area contributed by atoms with Crippen molar-refractivity contribution in [2.75, 3.05) is 39.3 Å². The maximum atomic E-state index is 12.2. The van der Waals surface area contributed by atoms with Gasteiger partial charge in [0.05, 0.1) is 0 Å². The first-order valence-electron chi connectivity index (χ1n) is 9.02. The van der Waals surface area contributed by atoms with E-state index in [0.29, 0.717) is 24.4 Å². The summed E-state index contributed by atoms with van der Waals surface area (Å²) in [5, 5.41) is 3.57. The molecular formula is C19H28ClN3O2. The van der Waals surface area contributed by atoms with Crippen molar-refractivity contribution < 1.29 is 9.59 Å². The van der Waals surface area contributed by atoms with E-state index in [1.165, 1.54) is 0 Å². The topological polar surface area (TPSA) is 52.6 Å². The number of benzene rings is 1. The molecule has 0 aliphatic carbocycles. The molecule has 5 nitrogen and oxygen atoms in total. The molecule has 1 unspecified atom stereocenters. The summed E-state index contributed by atoms with van der Waals surface area (Å²) in [7, 11) is 0. The van der Waals surface area contributed by atoms with E-state index in [-0.39, 0.29) is 17.7 Å². The van der Waals surface area contributed by atoms with Crippen molar-refractivity contribution in [3.63, 3.8) is 0 Å². The Kier molecular flexibility index (Phi) is 7.72. The number of carbonyl (C=O) groups is 2. The summed E-state index contributed by atoms with van der Waals surface area (Å²) in [5.74, 6) is -0.0238. The van der Waals surface area contributed by atoms with Gasteiger partial charge in [-0.05, 0) is 30.7 Å². The van der Waals surface area contributed by atoms with Gasteiger partial charge in [-0.2, -0.15) is 0 Å². The van der Waals surface area contributed by atoms with E-state index in [1.54, 1.807) is 0 Å². The largest absolute Gasteiger partial charge is 0.355 e. The van der Waals surface area contributed by atoms with Gasteiger partial charge in [-0.25, -0.2) is 0 Å². The summed E-state index contributed by atoms with van der Waals surface area (Å²) < 4.78 is 0. The number of nitrogens with zero attached hydrogens (tertiary/aromatic N) is 2. The molecule has 1 saturated heterocycles. The Labute approximate surface area is 155 Å². The van der Waals surface area contributed by atoms with Gasteiger partial charge in [0.15, 0.2) is 0 Å². The summed E-state index contributed by atoms with van der Waals surface area (Å²) in [6.45, 7) is 8.91. The molecule has 1 atom stereocenters. The van der Waals surface area contributed by atoms with E-state index >= 15 is 0 Å². The molecule has 0 bridgehead atoms. The van der Waals surface area contributed by atoms with Gasteiger partial charge in [-0.3, -0.25) is 9.59 Å². The number of nitrogens with one attached hydrogen (secondary N) is 1. The summed E-state index contributed by atoms with van der Waals surface area (Å²) in [5.41, 5.74) is 1.08. The van der Waals surface area contributed by atoms with Gasteiger partial charge in [-0.15, -0.1) is 0 Å². The van der Waals surface area contributed by atoms with Gasteiger partial charge in [0.25, 0.3) is 0 Å². The molecular weight excluding hydrogens is 338 g/mol. The van der Waals surface area contributed by atoms with Crippen molar-refractivity contribution in [1.29, 1.82) is 0 Å². The second kappa shape index (κ2) is 9.78. The SMILES string of the molecule is CCN1CCN(C(=O)CCNC(=O)C(C)Cc2ccc(Cl)cc2)CC1. The minimum atomic E-state index is -0.135. The molecule has 1 aliphatic heterocycles. The van der Waals surface area contributed by atoms with Crippen LogP contribution in [0.1, 0.15) is 25.8 Å². The van der Waals surface area contributed by atoms with Crippen LogP contribution < -0.4 is 5.32 Å². The summed E-state index contributed by atoms with van der Waals surface area (Å²) in [4.78, 5) is 28.6. The van der Waals surface area contributed by atoms with Crippen LogP contribution in [-0.4, -0.2) is 60.9 Å². The van der Waals surface area contributed by atoms with Gasteiger partial charge < -0.3 is 15.1 Å². The lowest BCUT2D eigenvalue weighted by atomic mass is 10.0. The van der Waals surface area contributed by atoms with Crippen LogP contribution in [0.15, 0.2) is 24.3 Å². The third kappa shape index (κ3) is 6.33. The lowest BCUT2D eigenvalue weighted by molar-refractivity contribution is -0.133. The number of likely N-dealkylation sites (N-methyl/N-ethyl adjacent to an activating group) is 1. The average Bonchev–Trinajstić information content (AvgIpc) is 2.63. The Balaban J connectivity index is 1.67. The van der Waals surface area contributed by atoms with Gasteiger partial charge in [0, 0.05) is 50.1 Å². The summed E-state index contributed by atoms with van der Waals surface area (Å²) >= 11 is 5.87. The molecule has 0 aromatic heterocycles. The van der Waals surface area contributed by atoms with Crippen molar-refractivity contribution >= 4 is 23.4 Å². The third-order valence-corrected chi connectivity index (χ3v) is 4.97. The zero-order valence-electron chi connectivity index (χ0n) is 15.1. The lowest BCUT2D eigenvalue weighted by Crippen LogP contribution is -2.49. The third-order valence-electron chi connectivity index (χ3n) is 4.71. The van der Waals surface area contributed by atoms with Crippen molar-refractivity contribution in [3.05, 3.63) is 34.9 Å². The fourth-order valence-electron chi connectivity index (χ4n) is 3.01. The van der Waals surface area contributed by atoms with E-state index in [1.807, 2.05) is 36.1 Å². The van der Waals surface area contributed by atoms with Crippen molar-refractivity contribution in [3.8, 4) is 0 Å².